The topological polar surface area (TPSA) is 123 Å². The van der Waals surface area contributed by atoms with Crippen molar-refractivity contribution in [3.05, 3.63) is 0 Å². The molecule has 0 saturated carbocycles. The Hall–Kier alpha value is 0.517. The molecule has 0 atom stereocenters. The monoisotopic (exact) mass is 833 g/mol. The Labute approximate surface area is 353 Å². The summed E-state index contributed by atoms with van der Waals surface area (Å²) >= 11 is 0. The number of hydrogen-bond donors (Lipinski definition) is 7. The molecule has 10 heteroatoms. The molecular formula is C44H102Cl2N4O3Si. The second-order valence-electron chi connectivity index (χ2n) is 15.6. The van der Waals surface area contributed by atoms with Crippen molar-refractivity contribution >= 4 is 33.6 Å². The lowest BCUT2D eigenvalue weighted by Crippen LogP contribution is -2.34. The number of rotatable bonds is 41. The Morgan fingerprint density at radius 1 is 0.370 bits per heavy atom. The molecule has 0 unspecified atom stereocenters. The Morgan fingerprint density at radius 3 is 0.944 bits per heavy atom. The number of hydrogen-bond acceptors (Lipinski definition) is 7. The van der Waals surface area contributed by atoms with Crippen molar-refractivity contribution in [1.29, 1.82) is 0 Å². The van der Waals surface area contributed by atoms with E-state index in [-0.39, 0.29) is 30.9 Å². The smallest absolute Gasteiger partial charge is 0.390 e. The van der Waals surface area contributed by atoms with Gasteiger partial charge in [0, 0.05) is 12.7 Å². The van der Waals surface area contributed by atoms with Gasteiger partial charge in [-0.3, -0.25) is 0 Å². The van der Waals surface area contributed by atoms with Gasteiger partial charge >= 0.3 is 8.80 Å². The molecule has 7 nitrogen and oxygen atoms in total. The van der Waals surface area contributed by atoms with E-state index in [2.05, 4.69) is 36.7 Å². The van der Waals surface area contributed by atoms with Crippen LogP contribution >= 0.6 is 24.8 Å². The molecule has 0 amide bonds. The summed E-state index contributed by atoms with van der Waals surface area (Å²) in [5, 5.41) is 9.67. The van der Waals surface area contributed by atoms with Gasteiger partial charge in [-0.05, 0) is 58.9 Å². The molecule has 0 heterocycles. The minimum absolute atomic E-state index is 0. The molecule has 0 aromatic heterocycles. The van der Waals surface area contributed by atoms with E-state index in [4.69, 9.17) is 20.1 Å². The molecule has 0 bridgehead atoms. The first-order chi connectivity index (χ1) is 25.4. The van der Waals surface area contributed by atoms with E-state index >= 15 is 0 Å². The molecule has 0 fully saturated rings. The third kappa shape index (κ3) is 73.6. The van der Waals surface area contributed by atoms with Crippen molar-refractivity contribution in [2.45, 2.75) is 245 Å². The maximum absolute atomic E-state index is 8.47. The van der Waals surface area contributed by atoms with E-state index in [1.807, 2.05) is 0 Å². The van der Waals surface area contributed by atoms with Crippen LogP contribution in [0.25, 0.3) is 0 Å². The molecular weight excluding hydrogens is 732 g/mol. The summed E-state index contributed by atoms with van der Waals surface area (Å²) in [5.74, 6) is 0. The van der Waals surface area contributed by atoms with E-state index in [1.165, 1.54) is 218 Å². The average Bonchev–Trinajstić information content (AvgIpc) is 3.12. The number of nitrogens with two attached hydrogens (primary N) is 1. The molecule has 0 saturated heterocycles. The molecule has 8 N–H and O–H groups in total. The molecule has 0 spiro atoms. The van der Waals surface area contributed by atoms with E-state index < -0.39 is 8.80 Å². The predicted molar refractivity (Wildman–Crippen MR) is 250 cm³/mol. The van der Waals surface area contributed by atoms with Gasteiger partial charge in [0.1, 0.15) is 0 Å². The van der Waals surface area contributed by atoms with Gasteiger partial charge in [0.15, 0.2) is 0 Å². The molecule has 0 aliphatic carbocycles. The summed E-state index contributed by atoms with van der Waals surface area (Å²) in [6.45, 7) is 11.7. The highest BCUT2D eigenvalue weighted by molar-refractivity contribution is 6.56. The maximum atomic E-state index is 8.47. The summed E-state index contributed by atoms with van der Waals surface area (Å²) in [4.78, 5) is 25.4. The predicted octanol–water partition coefficient (Wildman–Crippen LogP) is 12.4. The van der Waals surface area contributed by atoms with Gasteiger partial charge < -0.3 is 36.1 Å². The third-order valence-electron chi connectivity index (χ3n) is 9.88. The fourth-order valence-corrected chi connectivity index (χ4v) is 7.09. The van der Waals surface area contributed by atoms with Crippen LogP contribution in [0, 0.1) is 0 Å². The molecule has 0 rings (SSSR count). The zero-order valence-electron chi connectivity index (χ0n) is 37.0. The van der Waals surface area contributed by atoms with Crippen LogP contribution in [-0.2, 0) is 0 Å². The third-order valence-corrected chi connectivity index (χ3v) is 10.9. The Kier molecular flexibility index (Phi) is 71.0. The largest absolute Gasteiger partial charge is 0.492 e. The highest BCUT2D eigenvalue weighted by atomic mass is 35.5. The second kappa shape index (κ2) is 60.2. The van der Waals surface area contributed by atoms with Crippen LogP contribution in [0.5, 0.6) is 0 Å². The van der Waals surface area contributed by atoms with Crippen LogP contribution < -0.4 is 21.7 Å². The molecule has 0 aliphatic rings. The fraction of sp³-hybridized carbons (Fsp3) is 1.00. The SMILES string of the molecule is CCCCCCCCCCCCCCCCCCN.CCCCCCCCCCCCCCCCCCNCNCCC.CNCCC[Si](O)(O)O.Cl.Cl. The van der Waals surface area contributed by atoms with E-state index in [0.29, 0.717) is 13.0 Å². The standard InChI is InChI=1S/C22H48N2.C18H39N.C4H13NO3Si.2ClH/c1-3-5-6-7-8-9-10-11-12-13-14-15-16-17-18-19-21-24-22-23-20-4-2;1-2-3-4-5-6-7-8-9-10-11-12-13-14-15-16-17-18-19;1-5-3-2-4-9(6,7)8;;/h23-24H,3-22H2,1-2H3;2-19H2,1H3;5-8H,2-4H2,1H3;2*1H. The van der Waals surface area contributed by atoms with Crippen molar-refractivity contribution in [3.8, 4) is 0 Å². The molecule has 0 aliphatic heterocycles. The van der Waals surface area contributed by atoms with Crippen LogP contribution in [0.1, 0.15) is 239 Å². The van der Waals surface area contributed by atoms with Gasteiger partial charge in [-0.25, -0.2) is 0 Å². The fourth-order valence-electron chi connectivity index (χ4n) is 6.43. The van der Waals surface area contributed by atoms with Crippen LogP contribution in [0.15, 0.2) is 0 Å². The quantitative estimate of drug-likeness (QED) is 0.0186. The van der Waals surface area contributed by atoms with Crippen molar-refractivity contribution in [1.82, 2.24) is 16.0 Å². The highest BCUT2D eigenvalue weighted by Crippen LogP contribution is 2.15. The molecule has 0 radical (unpaired) electrons. The van der Waals surface area contributed by atoms with Gasteiger partial charge in [0.05, 0.1) is 0 Å². The van der Waals surface area contributed by atoms with Gasteiger partial charge in [0.2, 0.25) is 0 Å². The number of halogens is 2. The summed E-state index contributed by atoms with van der Waals surface area (Å²) < 4.78 is 0. The molecule has 0 aromatic rings. The Bertz CT molecular complexity index is 559. The number of nitrogens with one attached hydrogen (secondary N) is 3. The lowest BCUT2D eigenvalue weighted by molar-refractivity contribution is 0.226. The summed E-state index contributed by atoms with van der Waals surface area (Å²) in [6.07, 6.45) is 47.8. The number of unbranched alkanes of at least 4 members (excludes halogenated alkanes) is 30. The first-order valence-corrected chi connectivity index (χ1v) is 25.4. The lowest BCUT2D eigenvalue weighted by Gasteiger charge is -2.07. The van der Waals surface area contributed by atoms with Crippen LogP contribution in [-0.4, -0.2) is 63.1 Å². The minimum atomic E-state index is -3.73. The molecule has 54 heavy (non-hydrogen) atoms. The maximum Gasteiger partial charge on any atom is 0.492 e. The molecule has 334 valence electrons. The van der Waals surface area contributed by atoms with E-state index in [9.17, 15) is 0 Å². The Balaban J connectivity index is -0.000000238. The van der Waals surface area contributed by atoms with Crippen molar-refractivity contribution in [2.24, 2.45) is 5.73 Å². The Morgan fingerprint density at radius 2 is 0.667 bits per heavy atom. The lowest BCUT2D eigenvalue weighted by atomic mass is 10.0. The van der Waals surface area contributed by atoms with Crippen LogP contribution in [0.4, 0.5) is 0 Å². The van der Waals surface area contributed by atoms with Crippen LogP contribution in [0.2, 0.25) is 6.04 Å². The normalized spacial score (nSPS) is 10.9. The molecule has 0 aromatic carbocycles. The van der Waals surface area contributed by atoms with Crippen molar-refractivity contribution < 1.29 is 14.4 Å². The van der Waals surface area contributed by atoms with Gasteiger partial charge in [0.25, 0.3) is 0 Å². The average molecular weight is 834 g/mol. The second-order valence-corrected chi connectivity index (χ2v) is 17.6. The van der Waals surface area contributed by atoms with Gasteiger partial charge in [-0.2, -0.15) is 0 Å². The summed E-state index contributed by atoms with van der Waals surface area (Å²) in [5.41, 5.74) is 5.48. The van der Waals surface area contributed by atoms with Gasteiger partial charge in [-0.15, -0.1) is 24.8 Å². The minimum Gasteiger partial charge on any atom is -0.390 e. The van der Waals surface area contributed by atoms with E-state index in [0.717, 1.165) is 19.8 Å². The van der Waals surface area contributed by atoms with Crippen molar-refractivity contribution in [2.75, 3.05) is 39.9 Å². The van der Waals surface area contributed by atoms with Crippen molar-refractivity contribution in [3.63, 3.8) is 0 Å². The highest BCUT2D eigenvalue weighted by Gasteiger charge is 2.25. The summed E-state index contributed by atoms with van der Waals surface area (Å²) in [6, 6.07) is 0.119. The first-order valence-electron chi connectivity index (χ1n) is 23.3. The first kappa shape index (κ1) is 63.7. The van der Waals surface area contributed by atoms with Gasteiger partial charge in [-0.1, -0.05) is 213 Å². The summed E-state index contributed by atoms with van der Waals surface area (Å²) in [7, 11) is -1.96. The zero-order chi connectivity index (χ0) is 38.9. The zero-order valence-corrected chi connectivity index (χ0v) is 39.7. The van der Waals surface area contributed by atoms with E-state index in [1.54, 1.807) is 7.05 Å². The van der Waals surface area contributed by atoms with Crippen LogP contribution in [0.3, 0.4) is 0 Å².